The molecule has 2 aromatic carbocycles. The number of nitrogens with zero attached hydrogens (tertiary/aromatic N) is 1. The van der Waals surface area contributed by atoms with Crippen LogP contribution in [-0.4, -0.2) is 43.4 Å². The first kappa shape index (κ1) is 20.6. The largest absolute Gasteiger partial charge is 0.493 e. The molecule has 5 nitrogen and oxygen atoms in total. The fraction of sp³-hybridized carbons (Fsp3) is 0.333. The number of carbonyl (C=O) groups excluding carboxylic acids is 2. The van der Waals surface area contributed by atoms with E-state index in [1.54, 1.807) is 12.0 Å². The summed E-state index contributed by atoms with van der Waals surface area (Å²) < 4.78 is 11.1. The van der Waals surface area contributed by atoms with Crippen molar-refractivity contribution in [1.29, 1.82) is 0 Å². The van der Waals surface area contributed by atoms with Crippen LogP contribution in [0, 0.1) is 5.92 Å². The number of hydrogen-bond donors (Lipinski definition) is 0. The number of ketones is 1. The summed E-state index contributed by atoms with van der Waals surface area (Å²) in [7, 11) is 1.58. The van der Waals surface area contributed by atoms with Crippen molar-refractivity contribution in [3.8, 4) is 11.5 Å². The van der Waals surface area contributed by atoms with Gasteiger partial charge in [-0.15, -0.1) is 0 Å². The third-order valence-corrected chi connectivity index (χ3v) is 5.17. The second-order valence-corrected chi connectivity index (χ2v) is 7.08. The van der Waals surface area contributed by atoms with E-state index in [1.807, 2.05) is 67.6 Å². The molecule has 0 aliphatic carbocycles. The zero-order chi connectivity index (χ0) is 20.6. The van der Waals surface area contributed by atoms with Crippen LogP contribution in [-0.2, 0) is 4.79 Å². The molecule has 0 spiro atoms. The number of hydrogen-bond acceptors (Lipinski definition) is 4. The van der Waals surface area contributed by atoms with Crippen molar-refractivity contribution >= 4 is 17.8 Å². The Morgan fingerprint density at radius 2 is 1.79 bits per heavy atom. The van der Waals surface area contributed by atoms with Gasteiger partial charge in [-0.05, 0) is 37.5 Å². The van der Waals surface area contributed by atoms with Crippen LogP contribution in [0.5, 0.6) is 11.5 Å². The molecule has 1 saturated heterocycles. The molecule has 29 heavy (non-hydrogen) atoms. The Kier molecular flexibility index (Phi) is 7.06. The Bertz CT molecular complexity index is 868. The van der Waals surface area contributed by atoms with Gasteiger partial charge in [0, 0.05) is 24.6 Å². The van der Waals surface area contributed by atoms with Crippen molar-refractivity contribution in [1.82, 2.24) is 4.90 Å². The van der Waals surface area contributed by atoms with E-state index in [2.05, 4.69) is 0 Å². The zero-order valence-electron chi connectivity index (χ0n) is 17.0. The third-order valence-electron chi connectivity index (χ3n) is 5.17. The minimum atomic E-state index is -0.0739. The molecule has 1 aliphatic rings. The number of ether oxygens (including phenoxy) is 2. The summed E-state index contributed by atoms with van der Waals surface area (Å²) in [6.07, 6.45) is 5.28. The molecule has 1 amide bonds. The summed E-state index contributed by atoms with van der Waals surface area (Å²) in [6.45, 7) is 3.05. The summed E-state index contributed by atoms with van der Waals surface area (Å²) in [5.74, 6) is 1.21. The highest BCUT2D eigenvalue weighted by Crippen LogP contribution is 2.29. The predicted molar refractivity (Wildman–Crippen MR) is 113 cm³/mol. The number of methoxy groups -OCH3 is 1. The molecule has 0 saturated carbocycles. The van der Waals surface area contributed by atoms with Crippen molar-refractivity contribution in [3.05, 3.63) is 65.7 Å². The molecule has 0 bridgehead atoms. The number of piperidine rings is 1. The number of rotatable bonds is 7. The topological polar surface area (TPSA) is 55.8 Å². The van der Waals surface area contributed by atoms with Crippen LogP contribution >= 0.6 is 0 Å². The summed E-state index contributed by atoms with van der Waals surface area (Å²) in [6, 6.07) is 15.0. The summed E-state index contributed by atoms with van der Waals surface area (Å²) in [5.41, 5.74) is 1.75. The molecular weight excluding hydrogens is 366 g/mol. The van der Waals surface area contributed by atoms with E-state index in [4.69, 9.17) is 9.47 Å². The van der Waals surface area contributed by atoms with Crippen molar-refractivity contribution in [2.75, 3.05) is 26.8 Å². The maximum atomic E-state index is 12.6. The zero-order valence-corrected chi connectivity index (χ0v) is 17.0. The van der Waals surface area contributed by atoms with Gasteiger partial charge in [-0.25, -0.2) is 0 Å². The highest BCUT2D eigenvalue weighted by Gasteiger charge is 2.28. The minimum Gasteiger partial charge on any atom is -0.493 e. The third kappa shape index (κ3) is 5.25. The van der Waals surface area contributed by atoms with E-state index in [0.717, 1.165) is 11.1 Å². The molecule has 2 aromatic rings. The van der Waals surface area contributed by atoms with Crippen molar-refractivity contribution < 1.29 is 19.1 Å². The lowest BCUT2D eigenvalue weighted by atomic mass is 9.89. The van der Waals surface area contributed by atoms with E-state index in [-0.39, 0.29) is 24.2 Å². The number of benzene rings is 2. The number of Topliss-reactive ketones (excluding diaryl/α,β-unsaturated/α-hetero) is 1. The maximum Gasteiger partial charge on any atom is 0.260 e. The van der Waals surface area contributed by atoms with E-state index in [0.29, 0.717) is 37.4 Å². The lowest BCUT2D eigenvalue weighted by Gasteiger charge is -2.31. The highest BCUT2D eigenvalue weighted by molar-refractivity contribution is 5.98. The van der Waals surface area contributed by atoms with E-state index in [1.165, 1.54) is 0 Å². The van der Waals surface area contributed by atoms with Gasteiger partial charge < -0.3 is 14.4 Å². The molecule has 0 atom stereocenters. The normalized spacial score (nSPS) is 14.8. The van der Waals surface area contributed by atoms with Gasteiger partial charge in [0.15, 0.2) is 23.9 Å². The average molecular weight is 393 g/mol. The second kappa shape index (κ2) is 9.92. The van der Waals surface area contributed by atoms with Crippen molar-refractivity contribution in [2.24, 2.45) is 5.92 Å². The summed E-state index contributed by atoms with van der Waals surface area (Å²) in [5, 5.41) is 0. The molecule has 3 rings (SSSR count). The SMILES string of the molecule is C/C=C/c1ccc(OCC(=O)N2CCC(C(=O)c3ccccc3)CC2)c(OC)c1. The van der Waals surface area contributed by atoms with E-state index < -0.39 is 0 Å². The number of likely N-dealkylation sites (tertiary alicyclic amines) is 1. The van der Waals surface area contributed by atoms with Crippen LogP contribution in [0.4, 0.5) is 0 Å². The van der Waals surface area contributed by atoms with Crippen LogP contribution < -0.4 is 9.47 Å². The van der Waals surface area contributed by atoms with Crippen LogP contribution in [0.1, 0.15) is 35.7 Å². The number of amides is 1. The maximum absolute atomic E-state index is 12.6. The lowest BCUT2D eigenvalue weighted by molar-refractivity contribution is -0.134. The summed E-state index contributed by atoms with van der Waals surface area (Å²) in [4.78, 5) is 26.9. The van der Waals surface area contributed by atoms with Gasteiger partial charge in [0.25, 0.3) is 5.91 Å². The fourth-order valence-electron chi connectivity index (χ4n) is 3.56. The Labute approximate surface area is 171 Å². The first-order valence-electron chi connectivity index (χ1n) is 9.93. The van der Waals surface area contributed by atoms with Crippen LogP contribution in [0.3, 0.4) is 0 Å². The molecule has 0 N–H and O–H groups in total. The standard InChI is InChI=1S/C24H27NO4/c1-3-7-18-10-11-21(22(16-18)28-2)29-17-23(26)25-14-12-20(13-15-25)24(27)19-8-5-4-6-9-19/h3-11,16,20H,12-15,17H2,1-2H3/b7-3+. The molecule has 1 fully saturated rings. The molecule has 0 aromatic heterocycles. The van der Waals surface area contributed by atoms with Crippen LogP contribution in [0.25, 0.3) is 6.08 Å². The Morgan fingerprint density at radius 1 is 1.07 bits per heavy atom. The first-order valence-corrected chi connectivity index (χ1v) is 9.93. The van der Waals surface area contributed by atoms with Gasteiger partial charge in [0.2, 0.25) is 0 Å². The van der Waals surface area contributed by atoms with Gasteiger partial charge in [0.1, 0.15) is 0 Å². The van der Waals surface area contributed by atoms with Crippen LogP contribution in [0.15, 0.2) is 54.6 Å². The molecule has 1 heterocycles. The number of allylic oxidation sites excluding steroid dienone is 1. The quantitative estimate of drug-likeness (QED) is 0.661. The first-order chi connectivity index (χ1) is 14.1. The van der Waals surface area contributed by atoms with E-state index >= 15 is 0 Å². The molecule has 0 radical (unpaired) electrons. The molecular formula is C24H27NO4. The van der Waals surface area contributed by atoms with Gasteiger partial charge >= 0.3 is 0 Å². The Hall–Kier alpha value is -3.08. The predicted octanol–water partition coefficient (Wildman–Crippen LogP) is 4.23. The van der Waals surface area contributed by atoms with Gasteiger partial charge in [-0.1, -0.05) is 48.6 Å². The van der Waals surface area contributed by atoms with Crippen molar-refractivity contribution in [3.63, 3.8) is 0 Å². The molecule has 152 valence electrons. The Morgan fingerprint density at radius 3 is 2.45 bits per heavy atom. The van der Waals surface area contributed by atoms with Gasteiger partial charge in [-0.2, -0.15) is 0 Å². The smallest absolute Gasteiger partial charge is 0.260 e. The van der Waals surface area contributed by atoms with Gasteiger partial charge in [0.05, 0.1) is 7.11 Å². The molecule has 1 aliphatic heterocycles. The van der Waals surface area contributed by atoms with E-state index in [9.17, 15) is 9.59 Å². The monoisotopic (exact) mass is 393 g/mol. The summed E-state index contributed by atoms with van der Waals surface area (Å²) >= 11 is 0. The van der Waals surface area contributed by atoms with Gasteiger partial charge in [-0.3, -0.25) is 9.59 Å². The van der Waals surface area contributed by atoms with Crippen LogP contribution in [0.2, 0.25) is 0 Å². The Balaban J connectivity index is 1.52. The fourth-order valence-corrected chi connectivity index (χ4v) is 3.56. The highest BCUT2D eigenvalue weighted by atomic mass is 16.5. The average Bonchev–Trinajstić information content (AvgIpc) is 2.78. The second-order valence-electron chi connectivity index (χ2n) is 7.08. The molecule has 5 heteroatoms. The lowest BCUT2D eigenvalue weighted by Crippen LogP contribution is -2.42. The number of carbonyl (C=O) groups is 2. The minimum absolute atomic E-state index is 0.0263. The van der Waals surface area contributed by atoms with Crippen molar-refractivity contribution in [2.45, 2.75) is 19.8 Å². The molecule has 0 unspecified atom stereocenters.